The van der Waals surface area contributed by atoms with E-state index in [0.717, 1.165) is 18.0 Å². The number of carboxylic acid groups (broad SMARTS) is 1. The van der Waals surface area contributed by atoms with E-state index in [4.69, 9.17) is 5.11 Å². The van der Waals surface area contributed by atoms with E-state index < -0.39 is 17.4 Å². The molecule has 6 nitrogen and oxygen atoms in total. The topological polar surface area (TPSA) is 92.2 Å². The molecule has 2 N–H and O–H groups in total. The van der Waals surface area contributed by atoms with E-state index in [9.17, 15) is 9.59 Å². The van der Waals surface area contributed by atoms with Crippen molar-refractivity contribution < 1.29 is 14.7 Å². The van der Waals surface area contributed by atoms with Crippen molar-refractivity contribution in [1.82, 2.24) is 14.9 Å². The normalized spacial score (nSPS) is 17.6. The molecule has 0 saturated heterocycles. The average Bonchev–Trinajstić information content (AvgIpc) is 2.57. The van der Waals surface area contributed by atoms with Gasteiger partial charge in [0, 0.05) is 0 Å². The van der Waals surface area contributed by atoms with Gasteiger partial charge in [-0.05, 0) is 37.7 Å². The highest BCUT2D eigenvalue weighted by Crippen LogP contribution is 2.32. The summed E-state index contributed by atoms with van der Waals surface area (Å²) in [4.78, 5) is 23.2. The first kappa shape index (κ1) is 11.0. The van der Waals surface area contributed by atoms with Gasteiger partial charge in [0.25, 0.3) is 5.91 Å². The third kappa shape index (κ3) is 1.67. The van der Waals surface area contributed by atoms with Crippen molar-refractivity contribution in [2.75, 3.05) is 0 Å². The Kier molecular flexibility index (Phi) is 2.63. The molecule has 16 heavy (non-hydrogen) atoms. The number of rotatable bonds is 3. The van der Waals surface area contributed by atoms with Gasteiger partial charge in [-0.3, -0.25) is 4.79 Å². The summed E-state index contributed by atoms with van der Waals surface area (Å²) in [5, 5.41) is 15.3. The number of hydrogen-bond donors (Lipinski definition) is 2. The summed E-state index contributed by atoms with van der Waals surface area (Å²) in [7, 11) is 0. The number of aryl methyl sites for hydroxylation is 1. The monoisotopic (exact) mass is 241 g/mol. The molecule has 1 aliphatic rings. The molecule has 0 aromatic carbocycles. The zero-order chi connectivity index (χ0) is 11.8. The number of nitrogens with zero attached hydrogens (tertiary/aromatic N) is 2. The van der Waals surface area contributed by atoms with Crippen LogP contribution in [-0.4, -0.2) is 32.1 Å². The van der Waals surface area contributed by atoms with Crippen LogP contribution in [0.3, 0.4) is 0 Å². The second-order valence-electron chi connectivity index (χ2n) is 3.88. The average molecular weight is 241 g/mol. The van der Waals surface area contributed by atoms with Gasteiger partial charge in [0.05, 0.1) is 5.69 Å². The highest BCUT2D eigenvalue weighted by molar-refractivity contribution is 7.08. The summed E-state index contributed by atoms with van der Waals surface area (Å²) in [6.45, 7) is 1.67. The molecule has 1 amide bonds. The molecule has 0 atom stereocenters. The van der Waals surface area contributed by atoms with Crippen molar-refractivity contribution in [3.05, 3.63) is 10.6 Å². The second-order valence-corrected chi connectivity index (χ2v) is 4.64. The van der Waals surface area contributed by atoms with Gasteiger partial charge in [-0.2, -0.15) is 0 Å². The predicted octanol–water partition coefficient (Wildman–Crippen LogP) is 0.584. The number of aromatic nitrogens is 2. The van der Waals surface area contributed by atoms with Gasteiger partial charge in [-0.1, -0.05) is 4.49 Å². The third-order valence-electron chi connectivity index (χ3n) is 2.83. The standard InChI is InChI=1S/C9H11N3O3S/c1-5-6(16-12-11-5)7(13)10-9(8(14)15)3-2-4-9/h2-4H2,1H3,(H,10,13)(H,14,15). The molecule has 2 rings (SSSR count). The Bertz CT molecular complexity index is 439. The molecule has 1 aromatic heterocycles. The molecule has 0 unspecified atom stereocenters. The van der Waals surface area contributed by atoms with Crippen molar-refractivity contribution in [2.45, 2.75) is 31.7 Å². The maximum Gasteiger partial charge on any atom is 0.329 e. The summed E-state index contributed by atoms with van der Waals surface area (Å²) in [6, 6.07) is 0. The first-order valence-electron chi connectivity index (χ1n) is 4.90. The zero-order valence-electron chi connectivity index (χ0n) is 8.69. The minimum Gasteiger partial charge on any atom is -0.480 e. The number of carbonyl (C=O) groups excluding carboxylic acids is 1. The Balaban J connectivity index is 2.13. The fourth-order valence-corrected chi connectivity index (χ4v) is 2.19. The lowest BCUT2D eigenvalue weighted by Gasteiger charge is -2.37. The van der Waals surface area contributed by atoms with Crippen LogP contribution in [0.1, 0.15) is 34.6 Å². The Morgan fingerprint density at radius 2 is 2.19 bits per heavy atom. The van der Waals surface area contributed by atoms with Crippen LogP contribution in [0.4, 0.5) is 0 Å². The Hall–Kier alpha value is -1.50. The van der Waals surface area contributed by atoms with E-state index >= 15 is 0 Å². The number of carboxylic acids is 1. The fraction of sp³-hybridized carbons (Fsp3) is 0.556. The minimum atomic E-state index is -1.08. The van der Waals surface area contributed by atoms with Gasteiger partial charge in [-0.15, -0.1) is 5.10 Å². The zero-order valence-corrected chi connectivity index (χ0v) is 9.50. The van der Waals surface area contributed by atoms with Gasteiger partial charge >= 0.3 is 5.97 Å². The molecule has 1 fully saturated rings. The molecule has 0 aliphatic heterocycles. The van der Waals surface area contributed by atoms with Crippen molar-refractivity contribution in [2.24, 2.45) is 0 Å². The lowest BCUT2D eigenvalue weighted by Crippen LogP contribution is -2.59. The smallest absolute Gasteiger partial charge is 0.329 e. The Labute approximate surface area is 95.8 Å². The molecule has 0 bridgehead atoms. The number of aliphatic carboxylic acids is 1. The van der Waals surface area contributed by atoms with E-state index in [1.165, 1.54) is 0 Å². The van der Waals surface area contributed by atoms with Crippen LogP contribution < -0.4 is 5.32 Å². The van der Waals surface area contributed by atoms with Crippen LogP contribution in [0.2, 0.25) is 0 Å². The fourth-order valence-electron chi connectivity index (χ4n) is 1.64. The van der Waals surface area contributed by atoms with E-state index in [0.29, 0.717) is 23.4 Å². The van der Waals surface area contributed by atoms with Crippen molar-refractivity contribution >= 4 is 23.4 Å². The molecule has 1 heterocycles. The Morgan fingerprint density at radius 3 is 2.56 bits per heavy atom. The summed E-state index contributed by atoms with van der Waals surface area (Å²) >= 11 is 0.979. The van der Waals surface area contributed by atoms with Crippen LogP contribution >= 0.6 is 11.5 Å². The highest BCUT2D eigenvalue weighted by atomic mass is 32.1. The van der Waals surface area contributed by atoms with Crippen LogP contribution in [0.5, 0.6) is 0 Å². The molecule has 1 aromatic rings. The molecule has 0 radical (unpaired) electrons. The number of carbonyl (C=O) groups is 2. The summed E-state index contributed by atoms with van der Waals surface area (Å²) in [5.41, 5.74) is -0.546. The van der Waals surface area contributed by atoms with E-state index in [1.54, 1.807) is 6.92 Å². The largest absolute Gasteiger partial charge is 0.480 e. The van der Waals surface area contributed by atoms with Crippen molar-refractivity contribution in [3.63, 3.8) is 0 Å². The number of nitrogens with one attached hydrogen (secondary N) is 1. The summed E-state index contributed by atoms with van der Waals surface area (Å²) < 4.78 is 3.64. The van der Waals surface area contributed by atoms with Crippen LogP contribution in [0.25, 0.3) is 0 Å². The van der Waals surface area contributed by atoms with Crippen LogP contribution in [0, 0.1) is 6.92 Å². The maximum atomic E-state index is 11.8. The van der Waals surface area contributed by atoms with Crippen LogP contribution in [0.15, 0.2) is 0 Å². The predicted molar refractivity (Wildman–Crippen MR) is 56.3 cm³/mol. The van der Waals surface area contributed by atoms with E-state index in [1.807, 2.05) is 0 Å². The Morgan fingerprint density at radius 1 is 1.50 bits per heavy atom. The van der Waals surface area contributed by atoms with Gasteiger partial charge in [0.2, 0.25) is 0 Å². The first-order chi connectivity index (χ1) is 7.55. The lowest BCUT2D eigenvalue weighted by atomic mass is 9.76. The second kappa shape index (κ2) is 3.82. The van der Waals surface area contributed by atoms with Crippen molar-refractivity contribution in [3.8, 4) is 0 Å². The maximum absolute atomic E-state index is 11.8. The first-order valence-corrected chi connectivity index (χ1v) is 5.67. The van der Waals surface area contributed by atoms with Gasteiger partial charge in [0.15, 0.2) is 0 Å². The molecule has 1 aliphatic carbocycles. The van der Waals surface area contributed by atoms with Gasteiger partial charge in [0.1, 0.15) is 10.4 Å². The number of amides is 1. The van der Waals surface area contributed by atoms with E-state index in [2.05, 4.69) is 14.9 Å². The summed E-state index contributed by atoms with van der Waals surface area (Å²) in [6.07, 6.45) is 1.80. The molecular formula is C9H11N3O3S. The molecule has 86 valence electrons. The molecule has 1 saturated carbocycles. The highest BCUT2D eigenvalue weighted by Gasteiger charge is 2.46. The molecular weight excluding hydrogens is 230 g/mol. The van der Waals surface area contributed by atoms with Gasteiger partial charge in [-0.25, -0.2) is 4.79 Å². The SMILES string of the molecule is Cc1nnsc1C(=O)NC1(C(=O)O)CCC1. The minimum absolute atomic E-state index is 0.382. The van der Waals surface area contributed by atoms with Crippen molar-refractivity contribution in [1.29, 1.82) is 0 Å². The number of hydrogen-bond acceptors (Lipinski definition) is 5. The summed E-state index contributed by atoms with van der Waals surface area (Å²) in [5.74, 6) is -1.36. The van der Waals surface area contributed by atoms with Gasteiger partial charge < -0.3 is 10.4 Å². The van der Waals surface area contributed by atoms with Crippen LogP contribution in [-0.2, 0) is 4.79 Å². The quantitative estimate of drug-likeness (QED) is 0.807. The lowest BCUT2D eigenvalue weighted by molar-refractivity contribution is -0.148. The van der Waals surface area contributed by atoms with E-state index in [-0.39, 0.29) is 0 Å². The molecule has 0 spiro atoms. The third-order valence-corrected chi connectivity index (χ3v) is 3.65. The molecule has 7 heteroatoms.